The van der Waals surface area contributed by atoms with Gasteiger partial charge in [0.25, 0.3) is 0 Å². The summed E-state index contributed by atoms with van der Waals surface area (Å²) in [5, 5.41) is 14.1. The molecule has 0 radical (unpaired) electrons. The van der Waals surface area contributed by atoms with Gasteiger partial charge in [-0.3, -0.25) is 0 Å². The van der Waals surface area contributed by atoms with Gasteiger partial charge in [0.2, 0.25) is 0 Å². The SMILES string of the molecule is CCC1CCC(O)(CNCc2ccc3c(c2)CCO3)CC1. The van der Waals surface area contributed by atoms with Crippen molar-refractivity contribution in [1.82, 2.24) is 5.32 Å². The van der Waals surface area contributed by atoms with Crippen LogP contribution in [0, 0.1) is 5.92 Å². The molecule has 0 saturated heterocycles. The molecule has 0 unspecified atom stereocenters. The Morgan fingerprint density at radius 1 is 1.33 bits per heavy atom. The molecule has 1 aromatic rings. The van der Waals surface area contributed by atoms with E-state index in [1.807, 2.05) is 0 Å². The first kappa shape index (κ1) is 14.9. The minimum absolute atomic E-state index is 0.495. The van der Waals surface area contributed by atoms with Crippen LogP contribution in [0.15, 0.2) is 18.2 Å². The number of fused-ring (bicyclic) bond motifs is 1. The molecular formula is C18H27NO2. The van der Waals surface area contributed by atoms with E-state index in [0.29, 0.717) is 6.54 Å². The largest absolute Gasteiger partial charge is 0.493 e. The van der Waals surface area contributed by atoms with Crippen molar-refractivity contribution < 1.29 is 9.84 Å². The maximum Gasteiger partial charge on any atom is 0.122 e. The molecule has 3 heteroatoms. The number of ether oxygens (including phenoxy) is 1. The molecule has 3 nitrogen and oxygen atoms in total. The predicted octanol–water partition coefficient (Wildman–Crippen LogP) is 3.04. The monoisotopic (exact) mass is 289 g/mol. The van der Waals surface area contributed by atoms with Crippen molar-refractivity contribution in [3.8, 4) is 5.75 Å². The smallest absolute Gasteiger partial charge is 0.122 e. The van der Waals surface area contributed by atoms with Gasteiger partial charge in [0.15, 0.2) is 0 Å². The Morgan fingerprint density at radius 3 is 2.90 bits per heavy atom. The van der Waals surface area contributed by atoms with Crippen LogP contribution in [-0.2, 0) is 13.0 Å². The summed E-state index contributed by atoms with van der Waals surface area (Å²) in [4.78, 5) is 0. The van der Waals surface area contributed by atoms with E-state index in [2.05, 4.69) is 30.4 Å². The van der Waals surface area contributed by atoms with Gasteiger partial charge in [0.05, 0.1) is 12.2 Å². The van der Waals surface area contributed by atoms with E-state index in [4.69, 9.17) is 4.74 Å². The third kappa shape index (κ3) is 3.58. The van der Waals surface area contributed by atoms with Gasteiger partial charge in [0, 0.05) is 19.5 Å². The number of hydrogen-bond acceptors (Lipinski definition) is 3. The number of hydrogen-bond donors (Lipinski definition) is 2. The molecule has 0 spiro atoms. The predicted molar refractivity (Wildman–Crippen MR) is 84.5 cm³/mol. The Kier molecular flexibility index (Phi) is 4.51. The number of aliphatic hydroxyl groups is 1. The molecule has 1 aliphatic heterocycles. The molecule has 1 aromatic carbocycles. The van der Waals surface area contributed by atoms with Crippen molar-refractivity contribution in [3.05, 3.63) is 29.3 Å². The molecule has 116 valence electrons. The lowest BCUT2D eigenvalue weighted by Crippen LogP contribution is -2.43. The second kappa shape index (κ2) is 6.37. The maximum absolute atomic E-state index is 10.6. The second-order valence-electron chi connectivity index (χ2n) is 6.72. The van der Waals surface area contributed by atoms with Crippen molar-refractivity contribution in [1.29, 1.82) is 0 Å². The van der Waals surface area contributed by atoms with Crippen LogP contribution in [0.2, 0.25) is 0 Å². The van der Waals surface area contributed by atoms with Gasteiger partial charge in [-0.2, -0.15) is 0 Å². The van der Waals surface area contributed by atoms with Crippen molar-refractivity contribution >= 4 is 0 Å². The van der Waals surface area contributed by atoms with Gasteiger partial charge < -0.3 is 15.2 Å². The normalized spacial score (nSPS) is 28.2. The molecule has 1 heterocycles. The van der Waals surface area contributed by atoms with Crippen LogP contribution in [0.4, 0.5) is 0 Å². The molecular weight excluding hydrogens is 262 g/mol. The Morgan fingerprint density at radius 2 is 2.14 bits per heavy atom. The van der Waals surface area contributed by atoms with Gasteiger partial charge in [-0.25, -0.2) is 0 Å². The summed E-state index contributed by atoms with van der Waals surface area (Å²) in [5.74, 6) is 1.86. The minimum atomic E-state index is -0.495. The van der Waals surface area contributed by atoms with Gasteiger partial charge >= 0.3 is 0 Å². The zero-order valence-electron chi connectivity index (χ0n) is 13.0. The summed E-state index contributed by atoms with van der Waals surface area (Å²) in [5.41, 5.74) is 2.10. The Bertz CT molecular complexity index is 478. The van der Waals surface area contributed by atoms with E-state index in [1.165, 1.54) is 30.4 Å². The lowest BCUT2D eigenvalue weighted by atomic mass is 9.78. The van der Waals surface area contributed by atoms with E-state index in [0.717, 1.165) is 44.1 Å². The average molecular weight is 289 g/mol. The lowest BCUT2D eigenvalue weighted by molar-refractivity contribution is -0.00881. The highest BCUT2D eigenvalue weighted by atomic mass is 16.5. The third-order valence-corrected chi connectivity index (χ3v) is 5.15. The highest BCUT2D eigenvalue weighted by molar-refractivity contribution is 5.39. The summed E-state index contributed by atoms with van der Waals surface area (Å²) in [6, 6.07) is 6.42. The minimum Gasteiger partial charge on any atom is -0.493 e. The summed E-state index contributed by atoms with van der Waals surface area (Å²) < 4.78 is 5.53. The average Bonchev–Trinajstić information content (AvgIpc) is 2.95. The second-order valence-corrected chi connectivity index (χ2v) is 6.72. The van der Waals surface area contributed by atoms with Crippen LogP contribution in [0.1, 0.15) is 50.2 Å². The zero-order valence-corrected chi connectivity index (χ0v) is 13.0. The third-order valence-electron chi connectivity index (χ3n) is 5.15. The molecule has 2 aliphatic rings. The fourth-order valence-corrected chi connectivity index (χ4v) is 3.59. The summed E-state index contributed by atoms with van der Waals surface area (Å²) in [6.07, 6.45) is 6.50. The first-order chi connectivity index (χ1) is 10.2. The molecule has 0 amide bonds. The zero-order chi connectivity index (χ0) is 14.7. The van der Waals surface area contributed by atoms with Crippen LogP contribution in [-0.4, -0.2) is 23.9 Å². The first-order valence-corrected chi connectivity index (χ1v) is 8.36. The fraction of sp³-hybridized carbons (Fsp3) is 0.667. The number of nitrogens with one attached hydrogen (secondary N) is 1. The van der Waals surface area contributed by atoms with Crippen LogP contribution in [0.5, 0.6) is 5.75 Å². The highest BCUT2D eigenvalue weighted by Crippen LogP contribution is 2.33. The summed E-state index contributed by atoms with van der Waals surface area (Å²) in [7, 11) is 0. The number of benzene rings is 1. The van der Waals surface area contributed by atoms with Gasteiger partial charge in [-0.1, -0.05) is 25.5 Å². The van der Waals surface area contributed by atoms with E-state index < -0.39 is 5.60 Å². The molecule has 1 aliphatic carbocycles. The van der Waals surface area contributed by atoms with Crippen molar-refractivity contribution in [2.24, 2.45) is 5.92 Å². The Labute approximate surface area is 127 Å². The molecule has 0 atom stereocenters. The quantitative estimate of drug-likeness (QED) is 0.875. The van der Waals surface area contributed by atoms with Crippen molar-refractivity contribution in [2.75, 3.05) is 13.2 Å². The van der Waals surface area contributed by atoms with Crippen LogP contribution < -0.4 is 10.1 Å². The fourth-order valence-electron chi connectivity index (χ4n) is 3.59. The van der Waals surface area contributed by atoms with E-state index in [1.54, 1.807) is 0 Å². The van der Waals surface area contributed by atoms with E-state index in [-0.39, 0.29) is 0 Å². The van der Waals surface area contributed by atoms with Gasteiger partial charge in [-0.15, -0.1) is 0 Å². The molecule has 3 rings (SSSR count). The maximum atomic E-state index is 10.6. The Hall–Kier alpha value is -1.06. The molecule has 2 N–H and O–H groups in total. The molecule has 1 saturated carbocycles. The van der Waals surface area contributed by atoms with E-state index >= 15 is 0 Å². The number of rotatable bonds is 5. The topological polar surface area (TPSA) is 41.5 Å². The van der Waals surface area contributed by atoms with Crippen LogP contribution >= 0.6 is 0 Å². The van der Waals surface area contributed by atoms with Gasteiger partial charge in [0.1, 0.15) is 5.75 Å². The first-order valence-electron chi connectivity index (χ1n) is 8.36. The van der Waals surface area contributed by atoms with Crippen LogP contribution in [0.25, 0.3) is 0 Å². The molecule has 1 fully saturated rings. The van der Waals surface area contributed by atoms with E-state index in [9.17, 15) is 5.11 Å². The Balaban J connectivity index is 1.47. The highest BCUT2D eigenvalue weighted by Gasteiger charge is 2.32. The van der Waals surface area contributed by atoms with Gasteiger partial charge in [-0.05, 0) is 48.8 Å². The standard InChI is InChI=1S/C18H27NO2/c1-2-14-5-8-18(20,9-6-14)13-19-12-15-3-4-17-16(11-15)7-10-21-17/h3-4,11,14,19-20H,2,5-10,12-13H2,1H3. The summed E-state index contributed by atoms with van der Waals surface area (Å²) in [6.45, 7) is 4.60. The molecule has 0 bridgehead atoms. The van der Waals surface area contributed by atoms with Crippen molar-refractivity contribution in [3.63, 3.8) is 0 Å². The molecule has 0 aromatic heterocycles. The van der Waals surface area contributed by atoms with Crippen LogP contribution in [0.3, 0.4) is 0 Å². The van der Waals surface area contributed by atoms with Crippen molar-refractivity contribution in [2.45, 2.75) is 57.6 Å². The lowest BCUT2D eigenvalue weighted by Gasteiger charge is -2.36. The molecule has 21 heavy (non-hydrogen) atoms. The summed E-state index contributed by atoms with van der Waals surface area (Å²) >= 11 is 0.